The van der Waals surface area contributed by atoms with Gasteiger partial charge in [0.05, 0.1) is 12.5 Å². The van der Waals surface area contributed by atoms with Gasteiger partial charge >= 0.3 is 57.4 Å². The fourth-order valence-corrected chi connectivity index (χ4v) is 3.48. The minimum atomic E-state index is -1.28. The van der Waals surface area contributed by atoms with Gasteiger partial charge in [-0.2, -0.15) is 0 Å². The zero-order chi connectivity index (χ0) is 17.9. The van der Waals surface area contributed by atoms with Crippen molar-refractivity contribution in [1.82, 2.24) is 0 Å². The molecule has 0 heterocycles. The smallest absolute Gasteiger partial charge is 0.544 e. The van der Waals surface area contributed by atoms with E-state index >= 15 is 0 Å². The van der Waals surface area contributed by atoms with Crippen molar-refractivity contribution in [3.8, 4) is 0 Å². The van der Waals surface area contributed by atoms with Gasteiger partial charge < -0.3 is 20.1 Å². The Morgan fingerprint density at radius 1 is 0.958 bits per heavy atom. The van der Waals surface area contributed by atoms with Crippen LogP contribution in [0, 0.1) is 0 Å². The summed E-state index contributed by atoms with van der Waals surface area (Å²) in [5.41, 5.74) is 0. The van der Waals surface area contributed by atoms with Crippen molar-refractivity contribution in [3.63, 3.8) is 0 Å². The molecule has 0 saturated carbocycles. The minimum Gasteiger partial charge on any atom is -0.544 e. The first-order valence-corrected chi connectivity index (χ1v) is 8.82. The topological polar surface area (TPSA) is 97.7 Å². The molecule has 0 saturated heterocycles. The SMILES string of the molecule is CCCCCCCC[N+](CO)(C(CC)C(=O)[O-])C(CC)C(=O)O.[K+]. The number of quaternary nitrogens is 1. The second kappa shape index (κ2) is 14.6. The summed E-state index contributed by atoms with van der Waals surface area (Å²) in [4.78, 5) is 23.1. The second-order valence-electron chi connectivity index (χ2n) is 6.24. The zero-order valence-corrected chi connectivity index (χ0v) is 18.9. The van der Waals surface area contributed by atoms with Crippen LogP contribution in [0.1, 0.15) is 72.1 Å². The summed E-state index contributed by atoms with van der Waals surface area (Å²) in [5, 5.41) is 31.0. The molecule has 0 fully saturated rings. The van der Waals surface area contributed by atoms with Crippen LogP contribution in [-0.2, 0) is 9.59 Å². The molecule has 3 unspecified atom stereocenters. The number of hydrogen-bond donors (Lipinski definition) is 2. The summed E-state index contributed by atoms with van der Waals surface area (Å²) in [7, 11) is 0. The number of carboxylic acids is 2. The van der Waals surface area contributed by atoms with E-state index in [1.807, 2.05) is 0 Å². The number of carbonyl (C=O) groups excluding carboxylic acids is 1. The Balaban J connectivity index is 0. The number of aliphatic hydroxyl groups excluding tert-OH is 1. The predicted octanol–water partition coefficient (Wildman–Crippen LogP) is -1.49. The summed E-state index contributed by atoms with van der Waals surface area (Å²) >= 11 is 0. The Labute approximate surface area is 188 Å². The fourth-order valence-electron chi connectivity index (χ4n) is 3.48. The molecule has 0 spiro atoms. The summed E-state index contributed by atoms with van der Waals surface area (Å²) in [6.45, 7) is 5.40. The Morgan fingerprint density at radius 2 is 1.46 bits per heavy atom. The van der Waals surface area contributed by atoms with Crippen molar-refractivity contribution in [2.24, 2.45) is 0 Å². The predicted molar refractivity (Wildman–Crippen MR) is 86.4 cm³/mol. The van der Waals surface area contributed by atoms with Gasteiger partial charge in [0.15, 0.2) is 12.8 Å². The third-order valence-electron chi connectivity index (χ3n) is 4.76. The largest absolute Gasteiger partial charge is 1.00 e. The maximum Gasteiger partial charge on any atom is 1.00 e. The number of aliphatic carboxylic acids is 2. The van der Waals surface area contributed by atoms with Gasteiger partial charge in [0.1, 0.15) is 6.04 Å². The molecule has 136 valence electrons. The van der Waals surface area contributed by atoms with Gasteiger partial charge in [0.2, 0.25) is 0 Å². The van der Waals surface area contributed by atoms with Crippen LogP contribution < -0.4 is 56.5 Å². The first-order valence-electron chi connectivity index (χ1n) is 8.82. The monoisotopic (exact) mass is 370 g/mol. The van der Waals surface area contributed by atoms with Crippen molar-refractivity contribution in [2.45, 2.75) is 84.2 Å². The molecule has 2 N–H and O–H groups in total. The summed E-state index contributed by atoms with van der Waals surface area (Å²) in [5.74, 6) is -2.35. The van der Waals surface area contributed by atoms with E-state index < -0.39 is 30.8 Å². The van der Waals surface area contributed by atoms with E-state index in [2.05, 4.69) is 6.92 Å². The normalized spacial score (nSPS) is 15.8. The molecule has 0 radical (unpaired) electrons. The van der Waals surface area contributed by atoms with E-state index in [1.165, 1.54) is 6.42 Å². The zero-order valence-electron chi connectivity index (χ0n) is 15.8. The van der Waals surface area contributed by atoms with Crippen molar-refractivity contribution in [2.75, 3.05) is 13.3 Å². The third-order valence-corrected chi connectivity index (χ3v) is 4.76. The molecule has 0 aliphatic heterocycles. The van der Waals surface area contributed by atoms with E-state index in [0.29, 0.717) is 13.0 Å². The van der Waals surface area contributed by atoms with E-state index in [0.717, 1.165) is 25.7 Å². The first kappa shape index (κ1) is 26.7. The number of rotatable bonds is 14. The number of aliphatic hydroxyl groups is 1. The average molecular weight is 371 g/mol. The van der Waals surface area contributed by atoms with Crippen molar-refractivity contribution < 1.29 is 80.8 Å². The van der Waals surface area contributed by atoms with Gasteiger partial charge in [0, 0.05) is 12.8 Å². The Kier molecular flexibility index (Phi) is 16.3. The number of carboxylic acid groups (broad SMARTS) is 2. The van der Waals surface area contributed by atoms with Crippen LogP contribution in [0.4, 0.5) is 0 Å². The Hall–Kier alpha value is 0.496. The minimum absolute atomic E-state index is 0. The van der Waals surface area contributed by atoms with Crippen LogP contribution >= 0.6 is 0 Å². The van der Waals surface area contributed by atoms with Gasteiger partial charge in [0.25, 0.3) is 0 Å². The molecule has 0 aromatic carbocycles. The molecule has 6 nitrogen and oxygen atoms in total. The van der Waals surface area contributed by atoms with Crippen molar-refractivity contribution in [3.05, 3.63) is 0 Å². The van der Waals surface area contributed by atoms with Gasteiger partial charge in [-0.1, -0.05) is 46.5 Å². The molecule has 0 bridgehead atoms. The first-order chi connectivity index (χ1) is 10.9. The number of nitrogens with zero attached hydrogens (tertiary/aromatic N) is 1. The van der Waals surface area contributed by atoms with Crippen LogP contribution in [0.5, 0.6) is 0 Å². The van der Waals surface area contributed by atoms with E-state index in [9.17, 15) is 24.9 Å². The maximum absolute atomic E-state index is 11.6. The molecule has 0 rings (SSSR count). The van der Waals surface area contributed by atoms with Crippen molar-refractivity contribution >= 4 is 11.9 Å². The average Bonchev–Trinajstić information content (AvgIpc) is 2.50. The number of unbranched alkanes of at least 4 members (excludes halogenated alkanes) is 5. The Morgan fingerprint density at radius 3 is 1.83 bits per heavy atom. The van der Waals surface area contributed by atoms with Gasteiger partial charge in [-0.05, 0) is 12.8 Å². The van der Waals surface area contributed by atoms with Crippen molar-refractivity contribution in [1.29, 1.82) is 0 Å². The molecule has 0 aliphatic carbocycles. The van der Waals surface area contributed by atoms with Crippen LogP contribution in [0.15, 0.2) is 0 Å². The summed E-state index contributed by atoms with van der Waals surface area (Å²) < 4.78 is -0.335. The molecule has 0 aliphatic rings. The molecule has 3 atom stereocenters. The van der Waals surface area contributed by atoms with Crippen LogP contribution in [0.3, 0.4) is 0 Å². The quantitative estimate of drug-likeness (QED) is 0.168. The molecular weight excluding hydrogens is 337 g/mol. The molecular formula is C17H33KNO5+. The number of hydrogen-bond acceptors (Lipinski definition) is 4. The maximum atomic E-state index is 11.6. The van der Waals surface area contributed by atoms with Gasteiger partial charge in [-0.15, -0.1) is 0 Å². The molecule has 0 amide bonds. The van der Waals surface area contributed by atoms with E-state index in [-0.39, 0.29) is 68.7 Å². The summed E-state index contributed by atoms with van der Waals surface area (Å²) in [6, 6.07) is -1.94. The molecule has 24 heavy (non-hydrogen) atoms. The van der Waals surface area contributed by atoms with Crippen LogP contribution in [0.25, 0.3) is 0 Å². The molecule has 0 aromatic rings. The standard InChI is InChI=1S/C17H33NO5.K/c1-4-7-8-9-10-11-12-18(13-19,14(5-2)16(20)21)15(6-3)17(22)23;/h14-15,19H,4-13H2,1-3H3,(H-,20,21,22,23);/q;+1. The fraction of sp³-hybridized carbons (Fsp3) is 0.882. The third kappa shape index (κ3) is 7.80. The van der Waals surface area contributed by atoms with Gasteiger partial charge in [-0.3, -0.25) is 4.48 Å². The molecule has 0 aromatic heterocycles. The Bertz CT molecular complexity index is 343. The van der Waals surface area contributed by atoms with E-state index in [1.54, 1.807) is 13.8 Å². The van der Waals surface area contributed by atoms with Gasteiger partial charge in [-0.25, -0.2) is 4.79 Å². The van der Waals surface area contributed by atoms with Crippen LogP contribution in [0.2, 0.25) is 0 Å². The summed E-state index contributed by atoms with van der Waals surface area (Å²) in [6.07, 6.45) is 6.63. The van der Waals surface area contributed by atoms with E-state index in [4.69, 9.17) is 0 Å². The molecule has 7 heteroatoms. The second-order valence-corrected chi connectivity index (χ2v) is 6.24. The van der Waals surface area contributed by atoms with Crippen LogP contribution in [-0.4, -0.2) is 52.0 Å². The number of carbonyl (C=O) groups is 2.